The van der Waals surface area contributed by atoms with Crippen molar-refractivity contribution < 1.29 is 23.1 Å². The van der Waals surface area contributed by atoms with Crippen molar-refractivity contribution in [2.45, 2.75) is 31.4 Å². The number of methoxy groups -OCH3 is 1. The Balaban J connectivity index is 1.71. The van der Waals surface area contributed by atoms with Crippen LogP contribution < -0.4 is 10.6 Å². The van der Waals surface area contributed by atoms with Gasteiger partial charge in [-0.25, -0.2) is 18.7 Å². The summed E-state index contributed by atoms with van der Waals surface area (Å²) in [4.78, 5) is 37.4. The fourth-order valence-electron chi connectivity index (χ4n) is 3.36. The fraction of sp³-hybridized carbons (Fsp3) is 0.474. The van der Waals surface area contributed by atoms with Crippen LogP contribution in [0.5, 0.6) is 0 Å². The maximum absolute atomic E-state index is 12.3. The lowest BCUT2D eigenvalue weighted by Gasteiger charge is -2.37. The number of amides is 2. The van der Waals surface area contributed by atoms with Gasteiger partial charge in [-0.3, -0.25) is 9.59 Å². The van der Waals surface area contributed by atoms with Crippen LogP contribution in [0, 0.1) is 0 Å². The first-order valence-corrected chi connectivity index (χ1v) is 9.54. The number of likely N-dealkylation sites (tertiary alicyclic amines) is 1. The van der Waals surface area contributed by atoms with E-state index in [9.17, 15) is 18.4 Å². The lowest BCUT2D eigenvalue weighted by Crippen LogP contribution is -2.52. The molecule has 1 fully saturated rings. The summed E-state index contributed by atoms with van der Waals surface area (Å²) in [5.41, 5.74) is 0.974. The Morgan fingerprint density at radius 1 is 1.50 bits per heavy atom. The Morgan fingerprint density at radius 2 is 2.30 bits per heavy atom. The molecular weight excluding hydrogens is 398 g/mol. The smallest absolute Gasteiger partial charge is 0.255 e. The molecule has 1 aliphatic heterocycles. The molecular formula is C19H24F2N6O3. The molecule has 0 spiro atoms. The van der Waals surface area contributed by atoms with Gasteiger partial charge >= 0.3 is 0 Å². The van der Waals surface area contributed by atoms with Crippen molar-refractivity contribution >= 4 is 28.8 Å². The molecule has 0 unspecified atom stereocenters. The molecule has 0 aliphatic carbocycles. The second-order valence-corrected chi connectivity index (χ2v) is 6.89. The summed E-state index contributed by atoms with van der Waals surface area (Å²) in [5.74, 6) is -0.204. The van der Waals surface area contributed by atoms with Crippen LogP contribution in [0.3, 0.4) is 0 Å². The number of aromatic amines is 1. The standard InChI is InChI=1S/C19H24F2N6O3/c1-3-16(28)27-7-5-12(13(10-27)30-2)25-15-9-24-18-17(26-15)11(8-23-18)19(29)22-6-4-14(20)21/h3,8-9,12-14H,1,4-7,10H2,2H3,(H,22,29)(H,23,24)(H,25,26)/t12-,13+/m0/s1. The van der Waals surface area contributed by atoms with E-state index in [1.165, 1.54) is 18.5 Å². The molecule has 3 N–H and O–H groups in total. The lowest BCUT2D eigenvalue weighted by atomic mass is 10.0. The second-order valence-electron chi connectivity index (χ2n) is 6.89. The number of carbonyl (C=O) groups excluding carboxylic acids is 2. The number of carbonyl (C=O) groups is 2. The van der Waals surface area contributed by atoms with E-state index < -0.39 is 18.8 Å². The summed E-state index contributed by atoms with van der Waals surface area (Å²) in [6, 6.07) is -0.113. The van der Waals surface area contributed by atoms with Crippen LogP contribution in [0.4, 0.5) is 14.6 Å². The van der Waals surface area contributed by atoms with E-state index in [4.69, 9.17) is 4.74 Å². The number of halogens is 2. The van der Waals surface area contributed by atoms with Gasteiger partial charge in [-0.05, 0) is 12.5 Å². The van der Waals surface area contributed by atoms with Crippen molar-refractivity contribution in [2.75, 3.05) is 32.1 Å². The molecule has 1 aliphatic rings. The van der Waals surface area contributed by atoms with Gasteiger partial charge in [0, 0.05) is 39.4 Å². The van der Waals surface area contributed by atoms with Crippen molar-refractivity contribution in [3.05, 3.63) is 30.6 Å². The highest BCUT2D eigenvalue weighted by molar-refractivity contribution is 6.04. The number of anilines is 1. The first-order chi connectivity index (χ1) is 14.4. The zero-order valence-electron chi connectivity index (χ0n) is 16.5. The number of nitrogens with one attached hydrogen (secondary N) is 3. The zero-order valence-corrected chi connectivity index (χ0v) is 16.5. The third-order valence-corrected chi connectivity index (χ3v) is 4.96. The summed E-state index contributed by atoms with van der Waals surface area (Å²) in [6.45, 7) is 4.33. The number of H-pyrrole nitrogens is 1. The van der Waals surface area contributed by atoms with Crippen molar-refractivity contribution in [3.63, 3.8) is 0 Å². The van der Waals surface area contributed by atoms with E-state index in [0.29, 0.717) is 36.5 Å². The van der Waals surface area contributed by atoms with Crippen LogP contribution in [0.25, 0.3) is 11.2 Å². The Hall–Kier alpha value is -3.08. The molecule has 162 valence electrons. The van der Waals surface area contributed by atoms with Gasteiger partial charge in [0.2, 0.25) is 12.3 Å². The van der Waals surface area contributed by atoms with Gasteiger partial charge in [-0.2, -0.15) is 0 Å². The van der Waals surface area contributed by atoms with E-state index in [1.807, 2.05) is 0 Å². The molecule has 0 radical (unpaired) electrons. The van der Waals surface area contributed by atoms with Gasteiger partial charge in [0.25, 0.3) is 5.91 Å². The molecule has 2 atom stereocenters. The van der Waals surface area contributed by atoms with Gasteiger partial charge in [0.05, 0.1) is 23.9 Å². The number of alkyl halides is 2. The largest absolute Gasteiger partial charge is 0.377 e. The number of rotatable bonds is 8. The molecule has 2 aromatic rings. The quantitative estimate of drug-likeness (QED) is 0.557. The SMILES string of the molecule is C=CC(=O)N1CC[C@H](Nc2cnc3[nH]cc(C(=O)NCCC(F)F)c3n2)[C@H](OC)C1. The zero-order chi connectivity index (χ0) is 21.7. The Morgan fingerprint density at radius 3 is 3.00 bits per heavy atom. The lowest BCUT2D eigenvalue weighted by molar-refractivity contribution is -0.129. The van der Waals surface area contributed by atoms with Gasteiger partial charge in [0.15, 0.2) is 5.65 Å². The average Bonchev–Trinajstić information content (AvgIpc) is 3.16. The molecule has 9 nitrogen and oxygen atoms in total. The maximum atomic E-state index is 12.3. The number of piperidine rings is 1. The summed E-state index contributed by atoms with van der Waals surface area (Å²) < 4.78 is 30.1. The number of ether oxygens (including phenoxy) is 1. The molecule has 0 aromatic carbocycles. The van der Waals surface area contributed by atoms with Crippen LogP contribution in [-0.4, -0.2) is 77.0 Å². The van der Waals surface area contributed by atoms with Crippen LogP contribution in [0.1, 0.15) is 23.2 Å². The third kappa shape index (κ3) is 4.90. The minimum atomic E-state index is -2.48. The second kappa shape index (κ2) is 9.61. The van der Waals surface area contributed by atoms with Crippen molar-refractivity contribution in [2.24, 2.45) is 0 Å². The topological polar surface area (TPSA) is 112 Å². The summed E-state index contributed by atoms with van der Waals surface area (Å²) in [6.07, 6.45) is 1.73. The van der Waals surface area contributed by atoms with Gasteiger partial charge in [0.1, 0.15) is 11.3 Å². The van der Waals surface area contributed by atoms with Gasteiger partial charge in [-0.1, -0.05) is 6.58 Å². The van der Waals surface area contributed by atoms with Crippen LogP contribution >= 0.6 is 0 Å². The van der Waals surface area contributed by atoms with E-state index in [1.54, 1.807) is 12.0 Å². The highest BCUT2D eigenvalue weighted by atomic mass is 19.3. The number of hydrogen-bond acceptors (Lipinski definition) is 6. The van der Waals surface area contributed by atoms with Crippen molar-refractivity contribution in [1.82, 2.24) is 25.2 Å². The Labute approximate surface area is 171 Å². The number of hydrogen-bond donors (Lipinski definition) is 3. The first-order valence-electron chi connectivity index (χ1n) is 9.54. The summed E-state index contributed by atoms with van der Waals surface area (Å²) in [5, 5.41) is 5.71. The van der Waals surface area contributed by atoms with E-state index in [0.717, 1.165) is 0 Å². The summed E-state index contributed by atoms with van der Waals surface area (Å²) in [7, 11) is 1.57. The van der Waals surface area contributed by atoms with Crippen LogP contribution in [-0.2, 0) is 9.53 Å². The minimum absolute atomic E-state index is 0.113. The van der Waals surface area contributed by atoms with E-state index >= 15 is 0 Å². The summed E-state index contributed by atoms with van der Waals surface area (Å²) >= 11 is 0. The molecule has 1 saturated heterocycles. The molecule has 2 amide bonds. The van der Waals surface area contributed by atoms with Gasteiger partial charge < -0.3 is 25.3 Å². The predicted molar refractivity (Wildman–Crippen MR) is 106 cm³/mol. The molecule has 11 heteroatoms. The molecule has 0 saturated carbocycles. The Bertz CT molecular complexity index is 919. The van der Waals surface area contributed by atoms with Crippen molar-refractivity contribution in [3.8, 4) is 0 Å². The maximum Gasteiger partial charge on any atom is 0.255 e. The molecule has 30 heavy (non-hydrogen) atoms. The molecule has 2 aromatic heterocycles. The van der Waals surface area contributed by atoms with E-state index in [-0.39, 0.29) is 30.2 Å². The number of aromatic nitrogens is 3. The average molecular weight is 422 g/mol. The van der Waals surface area contributed by atoms with Crippen molar-refractivity contribution in [1.29, 1.82) is 0 Å². The first kappa shape index (κ1) is 21.6. The minimum Gasteiger partial charge on any atom is -0.377 e. The number of nitrogens with zero attached hydrogens (tertiary/aromatic N) is 3. The van der Waals surface area contributed by atoms with E-state index in [2.05, 4.69) is 32.2 Å². The van der Waals surface area contributed by atoms with Gasteiger partial charge in [-0.15, -0.1) is 0 Å². The van der Waals surface area contributed by atoms with Crippen LogP contribution in [0.15, 0.2) is 25.0 Å². The molecule has 3 rings (SSSR count). The third-order valence-electron chi connectivity index (χ3n) is 4.96. The fourth-order valence-corrected chi connectivity index (χ4v) is 3.36. The normalized spacial score (nSPS) is 19.1. The molecule has 3 heterocycles. The Kier molecular flexibility index (Phi) is 6.93. The highest BCUT2D eigenvalue weighted by Crippen LogP contribution is 2.21. The van der Waals surface area contributed by atoms with Crippen LogP contribution in [0.2, 0.25) is 0 Å². The monoisotopic (exact) mass is 422 g/mol. The highest BCUT2D eigenvalue weighted by Gasteiger charge is 2.31. The number of fused-ring (bicyclic) bond motifs is 1. The molecule has 0 bridgehead atoms. The predicted octanol–water partition coefficient (Wildman–Crippen LogP) is 1.56.